The van der Waals surface area contributed by atoms with E-state index in [2.05, 4.69) is 52.2 Å². The topological polar surface area (TPSA) is 54.8 Å². The summed E-state index contributed by atoms with van der Waals surface area (Å²) in [5, 5.41) is 12.8. The van der Waals surface area contributed by atoms with Crippen LogP contribution < -0.4 is 10.6 Å². The Morgan fingerprint density at radius 3 is 3.00 bits per heavy atom. The van der Waals surface area contributed by atoms with Gasteiger partial charge in [0.15, 0.2) is 0 Å². The normalized spacial score (nSPS) is 19.1. The van der Waals surface area contributed by atoms with Crippen molar-refractivity contribution in [2.75, 3.05) is 18.4 Å². The number of hydrogen-bond donors (Lipinski definition) is 2. The Morgan fingerprint density at radius 2 is 2.29 bits per heavy atom. The highest BCUT2D eigenvalue weighted by molar-refractivity contribution is 7.11. The third-order valence-electron chi connectivity index (χ3n) is 3.95. The van der Waals surface area contributed by atoms with E-state index in [0.29, 0.717) is 12.0 Å². The van der Waals surface area contributed by atoms with Gasteiger partial charge in [0.2, 0.25) is 0 Å². The largest absolute Gasteiger partial charge is 0.370 e. The standard InChI is InChI=1S/C15H23N5S/c1-9-5-14-17-7-13(8-20(14)19-9)6-16-10(2)15-11(3)18-12(4)21-15/h5,10,13,16-17H,6-8H2,1-4H3/t10-,13-/m1/s1. The zero-order chi connectivity index (χ0) is 15.0. The molecule has 6 heteroatoms. The fraction of sp³-hybridized carbons (Fsp3) is 0.600. The molecule has 0 unspecified atom stereocenters. The van der Waals surface area contributed by atoms with Crippen LogP contribution in [-0.2, 0) is 6.54 Å². The van der Waals surface area contributed by atoms with E-state index in [1.165, 1.54) is 4.88 Å². The van der Waals surface area contributed by atoms with E-state index < -0.39 is 0 Å². The van der Waals surface area contributed by atoms with Gasteiger partial charge in [0.25, 0.3) is 0 Å². The first kappa shape index (κ1) is 14.5. The highest BCUT2D eigenvalue weighted by Crippen LogP contribution is 2.25. The van der Waals surface area contributed by atoms with E-state index in [1.54, 1.807) is 11.3 Å². The van der Waals surface area contributed by atoms with Gasteiger partial charge in [0, 0.05) is 42.5 Å². The Hall–Kier alpha value is -1.40. The van der Waals surface area contributed by atoms with Crippen molar-refractivity contribution >= 4 is 17.2 Å². The maximum Gasteiger partial charge on any atom is 0.124 e. The van der Waals surface area contributed by atoms with Crippen molar-refractivity contribution in [1.29, 1.82) is 0 Å². The maximum absolute atomic E-state index is 4.52. The Labute approximate surface area is 129 Å². The fourth-order valence-corrected chi connectivity index (χ4v) is 3.86. The van der Waals surface area contributed by atoms with Crippen LogP contribution >= 0.6 is 11.3 Å². The van der Waals surface area contributed by atoms with Crippen LogP contribution in [0, 0.1) is 26.7 Å². The Bertz CT molecular complexity index is 630. The van der Waals surface area contributed by atoms with Crippen LogP contribution in [0.1, 0.15) is 34.2 Å². The van der Waals surface area contributed by atoms with Crippen LogP contribution in [0.3, 0.4) is 0 Å². The molecule has 1 aliphatic heterocycles. The predicted octanol–water partition coefficient (Wildman–Crippen LogP) is 2.66. The van der Waals surface area contributed by atoms with Crippen LogP contribution in [-0.4, -0.2) is 27.9 Å². The summed E-state index contributed by atoms with van der Waals surface area (Å²) in [5.41, 5.74) is 2.24. The van der Waals surface area contributed by atoms with Gasteiger partial charge in [-0.1, -0.05) is 0 Å². The molecule has 0 bridgehead atoms. The number of rotatable bonds is 4. The van der Waals surface area contributed by atoms with Gasteiger partial charge >= 0.3 is 0 Å². The highest BCUT2D eigenvalue weighted by Gasteiger charge is 2.20. The van der Waals surface area contributed by atoms with Crippen LogP contribution in [0.15, 0.2) is 6.07 Å². The number of aromatic nitrogens is 3. The van der Waals surface area contributed by atoms with Crippen molar-refractivity contribution in [1.82, 2.24) is 20.1 Å². The van der Waals surface area contributed by atoms with Crippen molar-refractivity contribution in [3.63, 3.8) is 0 Å². The second-order valence-electron chi connectivity index (χ2n) is 5.91. The van der Waals surface area contributed by atoms with Gasteiger partial charge < -0.3 is 10.6 Å². The number of anilines is 1. The summed E-state index contributed by atoms with van der Waals surface area (Å²) in [5.74, 6) is 1.71. The van der Waals surface area contributed by atoms with Gasteiger partial charge in [-0.3, -0.25) is 0 Å². The lowest BCUT2D eigenvalue weighted by atomic mass is 10.1. The maximum atomic E-state index is 4.52. The van der Waals surface area contributed by atoms with Crippen molar-refractivity contribution in [3.05, 3.63) is 27.3 Å². The molecule has 2 atom stereocenters. The summed E-state index contributed by atoms with van der Waals surface area (Å²) in [6.07, 6.45) is 0. The number of nitrogens with zero attached hydrogens (tertiary/aromatic N) is 3. The summed E-state index contributed by atoms with van der Waals surface area (Å²) in [6.45, 7) is 11.4. The molecular formula is C15H23N5S. The molecule has 0 saturated heterocycles. The first-order chi connectivity index (χ1) is 10.0. The molecule has 5 nitrogen and oxygen atoms in total. The minimum absolute atomic E-state index is 0.358. The summed E-state index contributed by atoms with van der Waals surface area (Å²) in [7, 11) is 0. The molecule has 21 heavy (non-hydrogen) atoms. The average molecular weight is 305 g/mol. The first-order valence-corrected chi connectivity index (χ1v) is 8.30. The Morgan fingerprint density at radius 1 is 1.48 bits per heavy atom. The SMILES string of the molecule is Cc1cc2n(n1)C[C@H](CN[C@H](C)c1sc(C)nc1C)CN2. The van der Waals surface area contributed by atoms with Crippen molar-refractivity contribution in [2.24, 2.45) is 5.92 Å². The molecule has 2 N–H and O–H groups in total. The van der Waals surface area contributed by atoms with E-state index >= 15 is 0 Å². The molecule has 0 spiro atoms. The van der Waals surface area contributed by atoms with Gasteiger partial charge in [0.1, 0.15) is 5.82 Å². The summed E-state index contributed by atoms with van der Waals surface area (Å²) < 4.78 is 2.08. The minimum atomic E-state index is 0.358. The number of hydrogen-bond acceptors (Lipinski definition) is 5. The lowest BCUT2D eigenvalue weighted by Gasteiger charge is -2.26. The molecule has 0 saturated carbocycles. The third kappa shape index (κ3) is 3.11. The lowest BCUT2D eigenvalue weighted by molar-refractivity contribution is 0.376. The van der Waals surface area contributed by atoms with Crippen molar-refractivity contribution < 1.29 is 0 Å². The second-order valence-corrected chi connectivity index (χ2v) is 7.15. The lowest BCUT2D eigenvalue weighted by Crippen LogP contribution is -2.36. The number of nitrogens with one attached hydrogen (secondary N) is 2. The molecule has 1 aliphatic rings. The molecule has 2 aromatic heterocycles. The highest BCUT2D eigenvalue weighted by atomic mass is 32.1. The number of aryl methyl sites for hydroxylation is 3. The molecule has 114 valence electrons. The molecule has 0 aromatic carbocycles. The van der Waals surface area contributed by atoms with Gasteiger partial charge in [-0.15, -0.1) is 11.3 Å². The summed E-state index contributed by atoms with van der Waals surface area (Å²) in [6, 6.07) is 2.47. The quantitative estimate of drug-likeness (QED) is 0.912. The number of thiazole rings is 1. The van der Waals surface area contributed by atoms with E-state index in [1.807, 2.05) is 6.92 Å². The van der Waals surface area contributed by atoms with Crippen LogP contribution in [0.25, 0.3) is 0 Å². The van der Waals surface area contributed by atoms with Crippen LogP contribution in [0.4, 0.5) is 5.82 Å². The molecule has 0 aliphatic carbocycles. The zero-order valence-corrected chi connectivity index (χ0v) is 13.9. The van der Waals surface area contributed by atoms with E-state index in [4.69, 9.17) is 0 Å². The Kier molecular flexibility index (Phi) is 3.99. The van der Waals surface area contributed by atoms with E-state index in [-0.39, 0.29) is 0 Å². The van der Waals surface area contributed by atoms with Gasteiger partial charge in [-0.25, -0.2) is 9.67 Å². The van der Waals surface area contributed by atoms with Gasteiger partial charge in [-0.2, -0.15) is 5.10 Å². The van der Waals surface area contributed by atoms with Crippen molar-refractivity contribution in [3.8, 4) is 0 Å². The van der Waals surface area contributed by atoms with E-state index in [9.17, 15) is 0 Å². The molecule has 3 rings (SSSR count). The zero-order valence-electron chi connectivity index (χ0n) is 13.1. The van der Waals surface area contributed by atoms with E-state index in [0.717, 1.165) is 41.8 Å². The Balaban J connectivity index is 1.57. The fourth-order valence-electron chi connectivity index (χ4n) is 2.91. The molecule has 3 heterocycles. The molecular weight excluding hydrogens is 282 g/mol. The first-order valence-electron chi connectivity index (χ1n) is 7.48. The van der Waals surface area contributed by atoms with Gasteiger partial charge in [-0.05, 0) is 27.7 Å². The second kappa shape index (κ2) is 5.77. The predicted molar refractivity (Wildman–Crippen MR) is 86.9 cm³/mol. The average Bonchev–Trinajstić information content (AvgIpc) is 2.96. The molecule has 2 aromatic rings. The summed E-state index contributed by atoms with van der Waals surface area (Å²) in [4.78, 5) is 5.87. The smallest absolute Gasteiger partial charge is 0.124 e. The van der Waals surface area contributed by atoms with Crippen LogP contribution in [0.5, 0.6) is 0 Å². The molecule has 0 amide bonds. The molecule has 0 radical (unpaired) electrons. The monoisotopic (exact) mass is 305 g/mol. The van der Waals surface area contributed by atoms with Gasteiger partial charge in [0.05, 0.1) is 16.4 Å². The number of fused-ring (bicyclic) bond motifs is 1. The third-order valence-corrected chi connectivity index (χ3v) is 5.21. The van der Waals surface area contributed by atoms with Crippen molar-refractivity contribution in [2.45, 2.75) is 40.3 Å². The summed E-state index contributed by atoms with van der Waals surface area (Å²) >= 11 is 1.79. The van der Waals surface area contributed by atoms with Crippen LogP contribution in [0.2, 0.25) is 0 Å². The minimum Gasteiger partial charge on any atom is -0.370 e. The molecule has 0 fully saturated rings.